The number of carbonyl (C=O) groups excluding carboxylic acids is 1. The van der Waals surface area contributed by atoms with E-state index < -0.39 is 0 Å². The fourth-order valence-corrected chi connectivity index (χ4v) is 2.46. The first-order valence-corrected chi connectivity index (χ1v) is 6.30. The summed E-state index contributed by atoms with van der Waals surface area (Å²) in [4.78, 5) is 12.0. The van der Waals surface area contributed by atoms with Crippen LogP contribution >= 0.6 is 22.9 Å². The van der Waals surface area contributed by atoms with Crippen molar-refractivity contribution in [2.24, 2.45) is 0 Å². The highest BCUT2D eigenvalue weighted by atomic mass is 35.5. The van der Waals surface area contributed by atoms with Gasteiger partial charge < -0.3 is 0 Å². The zero-order valence-corrected chi connectivity index (χ0v) is 10.4. The predicted octanol–water partition coefficient (Wildman–Crippen LogP) is 3.04. The molecule has 0 fully saturated rings. The summed E-state index contributed by atoms with van der Waals surface area (Å²) in [7, 11) is 0. The molecular weight excluding hydrogens is 244 g/mol. The molecule has 5 heteroatoms. The van der Waals surface area contributed by atoms with Crippen molar-refractivity contribution >= 4 is 28.7 Å². The molecule has 3 nitrogen and oxygen atoms in total. The van der Waals surface area contributed by atoms with E-state index in [9.17, 15) is 4.79 Å². The smallest absolute Gasteiger partial charge is 0.186 e. The lowest BCUT2D eigenvalue weighted by atomic mass is 10.1. The van der Waals surface area contributed by atoms with Gasteiger partial charge in [-0.25, -0.2) is 0 Å². The Bertz CT molecular complexity index is 490. The summed E-state index contributed by atoms with van der Waals surface area (Å²) in [6.07, 6.45) is 1.90. The van der Waals surface area contributed by atoms with Gasteiger partial charge in [-0.15, -0.1) is 0 Å². The maximum Gasteiger partial charge on any atom is 0.186 e. The van der Waals surface area contributed by atoms with E-state index in [2.05, 4.69) is 5.10 Å². The van der Waals surface area contributed by atoms with Crippen molar-refractivity contribution in [2.45, 2.75) is 19.9 Å². The van der Waals surface area contributed by atoms with Gasteiger partial charge in [0.25, 0.3) is 0 Å². The second kappa shape index (κ2) is 4.80. The highest BCUT2D eigenvalue weighted by Gasteiger charge is 2.16. The summed E-state index contributed by atoms with van der Waals surface area (Å²) >= 11 is 7.54. The molecule has 0 saturated carbocycles. The van der Waals surface area contributed by atoms with Gasteiger partial charge in [0.2, 0.25) is 0 Å². The minimum Gasteiger partial charge on any atom is -0.292 e. The van der Waals surface area contributed by atoms with Gasteiger partial charge in [-0.2, -0.15) is 16.4 Å². The summed E-state index contributed by atoms with van der Waals surface area (Å²) in [6, 6.07) is 1.95. The normalized spacial score (nSPS) is 10.6. The topological polar surface area (TPSA) is 34.9 Å². The number of thiophene rings is 1. The van der Waals surface area contributed by atoms with Gasteiger partial charge in [-0.05, 0) is 29.3 Å². The molecule has 84 valence electrons. The summed E-state index contributed by atoms with van der Waals surface area (Å²) < 4.78 is 1.64. The Labute approximate surface area is 103 Å². The third-order valence-electron chi connectivity index (χ3n) is 2.30. The number of Topliss-reactive ketones (excluding diaryl/α,β-unsaturated/α-hetero) is 1. The predicted molar refractivity (Wildman–Crippen MR) is 65.3 cm³/mol. The SMILES string of the molecule is CCn1ncc(Cl)c1C(=O)Cc1ccsc1. The van der Waals surface area contributed by atoms with Crippen molar-refractivity contribution in [3.8, 4) is 0 Å². The number of hydrogen-bond acceptors (Lipinski definition) is 3. The Hall–Kier alpha value is -1.13. The zero-order chi connectivity index (χ0) is 11.5. The number of rotatable bonds is 4. The number of carbonyl (C=O) groups is 1. The van der Waals surface area contributed by atoms with E-state index in [0.29, 0.717) is 23.7 Å². The van der Waals surface area contributed by atoms with Crippen LogP contribution in [0.4, 0.5) is 0 Å². The molecule has 2 heterocycles. The number of aromatic nitrogens is 2. The first-order valence-electron chi connectivity index (χ1n) is 4.98. The van der Waals surface area contributed by atoms with Crippen LogP contribution < -0.4 is 0 Å². The third kappa shape index (κ3) is 2.18. The molecule has 16 heavy (non-hydrogen) atoms. The van der Waals surface area contributed by atoms with Crippen molar-refractivity contribution in [2.75, 3.05) is 0 Å². The summed E-state index contributed by atoms with van der Waals surface area (Å²) in [6.45, 7) is 2.59. The molecule has 0 aromatic carbocycles. The largest absolute Gasteiger partial charge is 0.292 e. The molecular formula is C11H11ClN2OS. The van der Waals surface area contributed by atoms with E-state index in [-0.39, 0.29) is 5.78 Å². The van der Waals surface area contributed by atoms with Gasteiger partial charge in [0.1, 0.15) is 5.69 Å². The zero-order valence-electron chi connectivity index (χ0n) is 8.81. The van der Waals surface area contributed by atoms with Crippen LogP contribution in [0.1, 0.15) is 23.0 Å². The second-order valence-corrected chi connectivity index (χ2v) is 4.58. The Morgan fingerprint density at radius 2 is 2.44 bits per heavy atom. The molecule has 0 amide bonds. The van der Waals surface area contributed by atoms with E-state index in [1.807, 2.05) is 23.8 Å². The van der Waals surface area contributed by atoms with Crippen LogP contribution in [0.15, 0.2) is 23.0 Å². The van der Waals surface area contributed by atoms with Crippen molar-refractivity contribution in [3.63, 3.8) is 0 Å². The van der Waals surface area contributed by atoms with Crippen molar-refractivity contribution in [1.29, 1.82) is 0 Å². The van der Waals surface area contributed by atoms with Gasteiger partial charge >= 0.3 is 0 Å². The number of aryl methyl sites for hydroxylation is 1. The lowest BCUT2D eigenvalue weighted by Gasteiger charge is -2.03. The van der Waals surface area contributed by atoms with Gasteiger partial charge in [0.15, 0.2) is 5.78 Å². The number of ketones is 1. The maximum atomic E-state index is 12.0. The summed E-state index contributed by atoms with van der Waals surface area (Å²) in [5.41, 5.74) is 1.53. The van der Waals surface area contributed by atoms with Gasteiger partial charge in [-0.3, -0.25) is 9.48 Å². The molecule has 2 aromatic rings. The Balaban J connectivity index is 2.23. The van der Waals surface area contributed by atoms with Crippen molar-refractivity contribution in [1.82, 2.24) is 9.78 Å². The van der Waals surface area contributed by atoms with Crippen molar-refractivity contribution < 1.29 is 4.79 Å². The first-order chi connectivity index (χ1) is 7.72. The molecule has 0 N–H and O–H groups in total. The monoisotopic (exact) mass is 254 g/mol. The lowest BCUT2D eigenvalue weighted by molar-refractivity contribution is 0.0983. The average Bonchev–Trinajstić information content (AvgIpc) is 2.87. The van der Waals surface area contributed by atoms with E-state index >= 15 is 0 Å². The Morgan fingerprint density at radius 3 is 3.06 bits per heavy atom. The molecule has 0 unspecified atom stereocenters. The van der Waals surface area contributed by atoms with Gasteiger partial charge in [0.05, 0.1) is 11.2 Å². The highest BCUT2D eigenvalue weighted by Crippen LogP contribution is 2.18. The number of nitrogens with zero attached hydrogens (tertiary/aromatic N) is 2. The lowest BCUT2D eigenvalue weighted by Crippen LogP contribution is -2.11. The van der Waals surface area contributed by atoms with Gasteiger partial charge in [0, 0.05) is 13.0 Å². The van der Waals surface area contributed by atoms with E-state index in [1.54, 1.807) is 16.0 Å². The quantitative estimate of drug-likeness (QED) is 0.786. The first kappa shape index (κ1) is 11.4. The molecule has 0 radical (unpaired) electrons. The highest BCUT2D eigenvalue weighted by molar-refractivity contribution is 7.08. The number of halogens is 1. The van der Waals surface area contributed by atoms with E-state index in [0.717, 1.165) is 5.56 Å². The molecule has 0 atom stereocenters. The maximum absolute atomic E-state index is 12.0. The fraction of sp³-hybridized carbons (Fsp3) is 0.273. The standard InChI is InChI=1S/C11H11ClN2OS/c1-2-14-11(9(12)6-13-14)10(15)5-8-3-4-16-7-8/h3-4,6-7H,2,5H2,1H3. The molecule has 0 saturated heterocycles. The Morgan fingerprint density at radius 1 is 1.62 bits per heavy atom. The summed E-state index contributed by atoms with van der Waals surface area (Å²) in [5.74, 6) is 0.0164. The van der Waals surface area contributed by atoms with Crippen molar-refractivity contribution in [3.05, 3.63) is 39.3 Å². The molecule has 2 aromatic heterocycles. The van der Waals surface area contributed by atoms with E-state index in [1.165, 1.54) is 6.20 Å². The van der Waals surface area contributed by atoms with Crippen LogP contribution in [-0.4, -0.2) is 15.6 Å². The summed E-state index contributed by atoms with van der Waals surface area (Å²) in [5, 5.41) is 8.41. The minimum atomic E-state index is 0.0164. The average molecular weight is 255 g/mol. The third-order valence-corrected chi connectivity index (χ3v) is 3.31. The van der Waals surface area contributed by atoms with Gasteiger partial charge in [-0.1, -0.05) is 11.6 Å². The van der Waals surface area contributed by atoms with Crippen LogP contribution in [0.5, 0.6) is 0 Å². The molecule has 0 aliphatic carbocycles. The second-order valence-electron chi connectivity index (χ2n) is 3.39. The molecule has 0 aliphatic heterocycles. The van der Waals surface area contributed by atoms with Crippen LogP contribution in [0.25, 0.3) is 0 Å². The van der Waals surface area contributed by atoms with Crippen LogP contribution in [-0.2, 0) is 13.0 Å². The molecule has 0 spiro atoms. The Kier molecular flexibility index (Phi) is 3.41. The molecule has 2 rings (SSSR count). The van der Waals surface area contributed by atoms with Crippen LogP contribution in [0.2, 0.25) is 5.02 Å². The van der Waals surface area contributed by atoms with E-state index in [4.69, 9.17) is 11.6 Å². The minimum absolute atomic E-state index is 0.0164. The van der Waals surface area contributed by atoms with Crippen LogP contribution in [0.3, 0.4) is 0 Å². The van der Waals surface area contributed by atoms with Crippen LogP contribution in [0, 0.1) is 0 Å². The fourth-order valence-electron chi connectivity index (χ4n) is 1.54. The number of hydrogen-bond donors (Lipinski definition) is 0. The molecule has 0 bridgehead atoms. The molecule has 0 aliphatic rings.